The second-order valence-corrected chi connectivity index (χ2v) is 5.23. The van der Waals surface area contributed by atoms with Crippen molar-refractivity contribution in [3.05, 3.63) is 60.4 Å². The summed E-state index contributed by atoms with van der Waals surface area (Å²) in [5, 5.41) is 8.14. The van der Waals surface area contributed by atoms with Gasteiger partial charge in [-0.05, 0) is 36.4 Å². The summed E-state index contributed by atoms with van der Waals surface area (Å²) in [5.74, 6) is -0.770. The molecule has 0 aliphatic carbocycles. The van der Waals surface area contributed by atoms with Crippen molar-refractivity contribution in [2.45, 2.75) is 12.5 Å². The van der Waals surface area contributed by atoms with Crippen LogP contribution in [0, 0.1) is 5.82 Å². The Labute approximate surface area is 137 Å². The van der Waals surface area contributed by atoms with Gasteiger partial charge in [0.15, 0.2) is 0 Å². The molecule has 3 rings (SSSR count). The predicted octanol–water partition coefficient (Wildman–Crippen LogP) is 2.12. The standard InChI is InChI=1S/C17H15FN4O2/c18-11-6-8-13(9-7-11)20-17-21-14(16(24)22-17)10-15(23)19-12-4-2-1-3-5-12/h1-9,14H,10H2,(H,19,23)(H2,20,21,22,24)/t14-/m1/s1. The molecule has 1 aliphatic heterocycles. The molecule has 24 heavy (non-hydrogen) atoms. The number of hydrogen-bond donors (Lipinski definition) is 3. The first-order valence-electron chi connectivity index (χ1n) is 7.36. The molecule has 0 aromatic heterocycles. The Morgan fingerprint density at radius 3 is 2.50 bits per heavy atom. The van der Waals surface area contributed by atoms with Gasteiger partial charge < -0.3 is 10.6 Å². The fraction of sp³-hybridized carbons (Fsp3) is 0.118. The quantitative estimate of drug-likeness (QED) is 0.805. The minimum atomic E-state index is -0.795. The van der Waals surface area contributed by atoms with Crippen molar-refractivity contribution in [3.8, 4) is 0 Å². The lowest BCUT2D eigenvalue weighted by Crippen LogP contribution is -2.33. The highest BCUT2D eigenvalue weighted by molar-refractivity contribution is 6.11. The van der Waals surface area contributed by atoms with Gasteiger partial charge in [0.1, 0.15) is 11.9 Å². The number of para-hydroxylation sites is 1. The Balaban J connectivity index is 1.59. The summed E-state index contributed by atoms with van der Waals surface area (Å²) in [4.78, 5) is 28.1. The van der Waals surface area contributed by atoms with Crippen LogP contribution in [-0.2, 0) is 9.59 Å². The van der Waals surface area contributed by atoms with Crippen molar-refractivity contribution in [2.24, 2.45) is 4.99 Å². The molecule has 1 atom stereocenters. The molecule has 7 heteroatoms. The van der Waals surface area contributed by atoms with E-state index in [-0.39, 0.29) is 30.0 Å². The number of amides is 2. The molecular weight excluding hydrogens is 311 g/mol. The van der Waals surface area contributed by atoms with Crippen molar-refractivity contribution in [1.29, 1.82) is 0 Å². The van der Waals surface area contributed by atoms with Crippen LogP contribution >= 0.6 is 0 Å². The number of aliphatic imine (C=N–C) groups is 1. The molecule has 1 aliphatic rings. The highest BCUT2D eigenvalue weighted by atomic mass is 19.1. The van der Waals surface area contributed by atoms with E-state index in [2.05, 4.69) is 20.9 Å². The molecule has 122 valence electrons. The summed E-state index contributed by atoms with van der Waals surface area (Å²) in [6, 6.07) is 13.8. The number of hydrogen-bond acceptors (Lipinski definition) is 4. The number of carbonyl (C=O) groups is 2. The van der Waals surface area contributed by atoms with Crippen LogP contribution in [0.15, 0.2) is 59.6 Å². The van der Waals surface area contributed by atoms with Gasteiger partial charge >= 0.3 is 0 Å². The minimum absolute atomic E-state index is 0.0602. The van der Waals surface area contributed by atoms with E-state index in [1.807, 2.05) is 6.07 Å². The molecule has 0 bridgehead atoms. The molecule has 0 fully saturated rings. The summed E-state index contributed by atoms with van der Waals surface area (Å²) in [7, 11) is 0. The summed E-state index contributed by atoms with van der Waals surface area (Å²) >= 11 is 0. The lowest BCUT2D eigenvalue weighted by molar-refractivity contribution is -0.123. The predicted molar refractivity (Wildman–Crippen MR) is 89.1 cm³/mol. The van der Waals surface area contributed by atoms with Crippen molar-refractivity contribution in [1.82, 2.24) is 5.32 Å². The largest absolute Gasteiger partial charge is 0.326 e. The molecule has 2 amide bonds. The maximum Gasteiger partial charge on any atom is 0.252 e. The van der Waals surface area contributed by atoms with Gasteiger partial charge in [-0.1, -0.05) is 18.2 Å². The lowest BCUT2D eigenvalue weighted by atomic mass is 10.2. The molecule has 0 radical (unpaired) electrons. The molecule has 1 heterocycles. The molecule has 0 unspecified atom stereocenters. The van der Waals surface area contributed by atoms with Gasteiger partial charge in [0.05, 0.1) is 6.42 Å². The van der Waals surface area contributed by atoms with E-state index in [4.69, 9.17) is 0 Å². The Morgan fingerprint density at radius 1 is 1.08 bits per heavy atom. The third-order valence-electron chi connectivity index (χ3n) is 3.37. The third kappa shape index (κ3) is 3.95. The van der Waals surface area contributed by atoms with Crippen molar-refractivity contribution >= 4 is 29.1 Å². The zero-order chi connectivity index (χ0) is 16.9. The Kier molecular flexibility index (Phi) is 4.51. The van der Waals surface area contributed by atoms with E-state index in [9.17, 15) is 14.0 Å². The van der Waals surface area contributed by atoms with Gasteiger partial charge in [-0.3, -0.25) is 14.9 Å². The zero-order valence-corrected chi connectivity index (χ0v) is 12.6. The number of rotatable bonds is 4. The van der Waals surface area contributed by atoms with Crippen LogP contribution in [0.5, 0.6) is 0 Å². The third-order valence-corrected chi connectivity index (χ3v) is 3.37. The van der Waals surface area contributed by atoms with Crippen molar-refractivity contribution < 1.29 is 14.0 Å². The fourth-order valence-electron chi connectivity index (χ4n) is 2.23. The number of halogens is 1. The van der Waals surface area contributed by atoms with Crippen LogP contribution in [0.3, 0.4) is 0 Å². The summed E-state index contributed by atoms with van der Waals surface area (Å²) in [6.45, 7) is 0. The van der Waals surface area contributed by atoms with Gasteiger partial charge in [0, 0.05) is 11.4 Å². The second-order valence-electron chi connectivity index (χ2n) is 5.23. The molecule has 0 saturated heterocycles. The SMILES string of the molecule is O=C(C[C@H]1N=C(Nc2ccc(F)cc2)NC1=O)Nc1ccccc1. The van der Waals surface area contributed by atoms with E-state index in [0.29, 0.717) is 11.4 Å². The number of benzene rings is 2. The summed E-state index contributed by atoms with van der Waals surface area (Å²) in [5.41, 5.74) is 1.25. The molecule has 3 N–H and O–H groups in total. The zero-order valence-electron chi connectivity index (χ0n) is 12.6. The number of nitrogens with zero attached hydrogens (tertiary/aromatic N) is 1. The maximum absolute atomic E-state index is 12.9. The van der Waals surface area contributed by atoms with Gasteiger partial charge in [0.25, 0.3) is 5.91 Å². The first kappa shape index (κ1) is 15.7. The Bertz CT molecular complexity index is 775. The molecule has 2 aromatic rings. The number of anilines is 2. The van der Waals surface area contributed by atoms with E-state index in [0.717, 1.165) is 0 Å². The first-order chi connectivity index (χ1) is 11.6. The van der Waals surface area contributed by atoms with E-state index >= 15 is 0 Å². The van der Waals surface area contributed by atoms with Crippen molar-refractivity contribution in [3.63, 3.8) is 0 Å². The van der Waals surface area contributed by atoms with Gasteiger partial charge in [-0.2, -0.15) is 0 Å². The van der Waals surface area contributed by atoms with Crippen LogP contribution in [0.2, 0.25) is 0 Å². The molecule has 6 nitrogen and oxygen atoms in total. The average molecular weight is 326 g/mol. The topological polar surface area (TPSA) is 82.6 Å². The highest BCUT2D eigenvalue weighted by Crippen LogP contribution is 2.12. The van der Waals surface area contributed by atoms with Crippen molar-refractivity contribution in [2.75, 3.05) is 10.6 Å². The van der Waals surface area contributed by atoms with Gasteiger partial charge in [-0.25, -0.2) is 9.38 Å². The second kappa shape index (κ2) is 6.91. The van der Waals surface area contributed by atoms with Gasteiger partial charge in [-0.15, -0.1) is 0 Å². The molecule has 0 spiro atoms. The number of nitrogens with one attached hydrogen (secondary N) is 3. The Morgan fingerprint density at radius 2 is 1.79 bits per heavy atom. The molecular formula is C17H15FN4O2. The van der Waals surface area contributed by atoms with Gasteiger partial charge in [0.2, 0.25) is 11.9 Å². The van der Waals surface area contributed by atoms with E-state index < -0.39 is 6.04 Å². The molecule has 2 aromatic carbocycles. The minimum Gasteiger partial charge on any atom is -0.326 e. The highest BCUT2D eigenvalue weighted by Gasteiger charge is 2.28. The first-order valence-corrected chi connectivity index (χ1v) is 7.36. The van der Waals surface area contributed by atoms with Crippen LogP contribution in [-0.4, -0.2) is 23.8 Å². The van der Waals surface area contributed by atoms with Crippen LogP contribution in [0.1, 0.15) is 6.42 Å². The van der Waals surface area contributed by atoms with E-state index in [1.165, 1.54) is 24.3 Å². The van der Waals surface area contributed by atoms with E-state index in [1.54, 1.807) is 24.3 Å². The summed E-state index contributed by atoms with van der Waals surface area (Å²) < 4.78 is 12.9. The number of carbonyl (C=O) groups excluding carboxylic acids is 2. The summed E-state index contributed by atoms with van der Waals surface area (Å²) in [6.07, 6.45) is -0.0602. The monoisotopic (exact) mass is 326 g/mol. The maximum atomic E-state index is 12.9. The number of guanidine groups is 1. The smallest absolute Gasteiger partial charge is 0.252 e. The van der Waals surface area contributed by atoms with Crippen LogP contribution in [0.25, 0.3) is 0 Å². The van der Waals surface area contributed by atoms with Crippen LogP contribution in [0.4, 0.5) is 15.8 Å². The molecule has 0 saturated carbocycles. The Hall–Kier alpha value is -3.22. The normalized spacial score (nSPS) is 16.3. The van der Waals surface area contributed by atoms with Crippen LogP contribution < -0.4 is 16.0 Å². The lowest BCUT2D eigenvalue weighted by Gasteiger charge is -2.06. The fourth-order valence-corrected chi connectivity index (χ4v) is 2.23. The average Bonchev–Trinajstić information content (AvgIpc) is 2.90.